The quantitative estimate of drug-likeness (QED) is 0.398. The number of pyridine rings is 1. The molecule has 0 unspecified atom stereocenters. The van der Waals surface area contributed by atoms with E-state index < -0.39 is 0 Å². The molecule has 2 aromatic carbocycles. The fraction of sp³-hybridized carbons (Fsp3) is 0.0455. The van der Waals surface area contributed by atoms with Crippen molar-refractivity contribution in [3.8, 4) is 11.3 Å². The molecule has 3 heteroatoms. The minimum atomic E-state index is -0.294. The number of hydrogen-bond acceptors (Lipinski definition) is 2. The Kier molecular flexibility index (Phi) is 2.86. The van der Waals surface area contributed by atoms with E-state index in [1.54, 1.807) is 0 Å². The van der Waals surface area contributed by atoms with E-state index in [2.05, 4.69) is 29.7 Å². The second kappa shape index (κ2) is 5.08. The molecule has 3 aromatic heterocycles. The number of benzene rings is 2. The molecule has 3 nitrogen and oxygen atoms in total. The molecule has 0 radical (unpaired) electrons. The summed E-state index contributed by atoms with van der Waals surface area (Å²) in [5.74, 6) is 0. The van der Waals surface area contributed by atoms with Gasteiger partial charge in [0.15, 0.2) is 0 Å². The molecule has 0 amide bonds. The van der Waals surface area contributed by atoms with Crippen molar-refractivity contribution in [1.29, 1.82) is 0 Å². The first-order valence-corrected chi connectivity index (χ1v) is 8.26. The third-order valence-corrected chi connectivity index (χ3v) is 4.69. The SMILES string of the molecule is Cc1ccc2c3c(=O)oc4ccccc4c3c(-c3ccccc3)n2c1. The Morgan fingerprint density at radius 1 is 0.840 bits per heavy atom. The number of para-hydroxylation sites is 1. The van der Waals surface area contributed by atoms with Crippen LogP contribution in [0.4, 0.5) is 0 Å². The summed E-state index contributed by atoms with van der Waals surface area (Å²) in [4.78, 5) is 12.8. The van der Waals surface area contributed by atoms with E-state index in [1.165, 1.54) is 0 Å². The number of hydrogen-bond donors (Lipinski definition) is 0. The van der Waals surface area contributed by atoms with Gasteiger partial charge in [0.05, 0.1) is 16.6 Å². The Morgan fingerprint density at radius 3 is 2.44 bits per heavy atom. The molecule has 0 aliphatic rings. The standard InChI is InChI=1S/C22H15NO2/c1-14-11-12-17-20-19(16-9-5-6-10-18(16)25-22(20)24)21(23(17)13-14)15-7-3-2-4-8-15/h2-13H,1H3. The van der Waals surface area contributed by atoms with Gasteiger partial charge in [-0.05, 0) is 30.2 Å². The van der Waals surface area contributed by atoms with Gasteiger partial charge in [0.2, 0.25) is 0 Å². The Balaban J connectivity index is 2.15. The van der Waals surface area contributed by atoms with Crippen molar-refractivity contribution in [2.75, 3.05) is 0 Å². The van der Waals surface area contributed by atoms with E-state index >= 15 is 0 Å². The van der Waals surface area contributed by atoms with Gasteiger partial charge in [0, 0.05) is 17.0 Å². The van der Waals surface area contributed by atoms with Gasteiger partial charge in [-0.1, -0.05) is 54.6 Å². The second-order valence-corrected chi connectivity index (χ2v) is 6.31. The molecule has 0 fully saturated rings. The third-order valence-electron chi connectivity index (χ3n) is 4.69. The molecule has 3 heterocycles. The average molecular weight is 325 g/mol. The van der Waals surface area contributed by atoms with Gasteiger partial charge < -0.3 is 8.82 Å². The second-order valence-electron chi connectivity index (χ2n) is 6.31. The van der Waals surface area contributed by atoms with Crippen LogP contribution in [0.2, 0.25) is 0 Å². The van der Waals surface area contributed by atoms with Crippen molar-refractivity contribution >= 4 is 27.3 Å². The van der Waals surface area contributed by atoms with Crippen molar-refractivity contribution < 1.29 is 4.42 Å². The fourth-order valence-corrected chi connectivity index (χ4v) is 3.62. The molecule has 0 atom stereocenters. The largest absolute Gasteiger partial charge is 0.422 e. The Morgan fingerprint density at radius 2 is 1.60 bits per heavy atom. The van der Waals surface area contributed by atoms with Gasteiger partial charge >= 0.3 is 5.63 Å². The number of aromatic nitrogens is 1. The smallest absolute Gasteiger partial charge is 0.346 e. The summed E-state index contributed by atoms with van der Waals surface area (Å²) < 4.78 is 7.70. The van der Waals surface area contributed by atoms with Gasteiger partial charge in [-0.3, -0.25) is 0 Å². The maximum absolute atomic E-state index is 12.8. The molecule has 0 spiro atoms. The molecule has 0 aliphatic carbocycles. The lowest BCUT2D eigenvalue weighted by atomic mass is 10.0. The maximum Gasteiger partial charge on any atom is 0.346 e. The molecule has 0 bridgehead atoms. The van der Waals surface area contributed by atoms with Gasteiger partial charge in [0.1, 0.15) is 5.58 Å². The van der Waals surface area contributed by atoms with E-state index in [4.69, 9.17) is 4.42 Å². The van der Waals surface area contributed by atoms with Crippen LogP contribution in [0.1, 0.15) is 5.56 Å². The summed E-state index contributed by atoms with van der Waals surface area (Å²) in [6.45, 7) is 2.06. The molecule has 5 rings (SSSR count). The van der Waals surface area contributed by atoms with Crippen LogP contribution >= 0.6 is 0 Å². The topological polar surface area (TPSA) is 34.6 Å². The van der Waals surface area contributed by atoms with Crippen LogP contribution < -0.4 is 5.63 Å². The van der Waals surface area contributed by atoms with Gasteiger partial charge in [0.25, 0.3) is 0 Å². The van der Waals surface area contributed by atoms with E-state index in [0.29, 0.717) is 11.0 Å². The lowest BCUT2D eigenvalue weighted by Crippen LogP contribution is -1.98. The zero-order valence-electron chi connectivity index (χ0n) is 13.7. The van der Waals surface area contributed by atoms with Crippen LogP contribution in [-0.2, 0) is 0 Å². The fourth-order valence-electron chi connectivity index (χ4n) is 3.62. The van der Waals surface area contributed by atoms with Crippen LogP contribution in [-0.4, -0.2) is 4.40 Å². The van der Waals surface area contributed by atoms with Crippen LogP contribution in [0.3, 0.4) is 0 Å². The molecule has 25 heavy (non-hydrogen) atoms. The van der Waals surface area contributed by atoms with Crippen molar-refractivity contribution in [3.05, 3.63) is 88.9 Å². The molecule has 0 aliphatic heterocycles. The Labute approximate surface area is 143 Å². The molecule has 120 valence electrons. The van der Waals surface area contributed by atoms with Crippen molar-refractivity contribution in [2.45, 2.75) is 6.92 Å². The average Bonchev–Trinajstić information content (AvgIpc) is 2.97. The zero-order chi connectivity index (χ0) is 17.0. The van der Waals surface area contributed by atoms with Gasteiger partial charge in [-0.15, -0.1) is 0 Å². The van der Waals surface area contributed by atoms with Crippen LogP contribution in [0, 0.1) is 6.92 Å². The maximum atomic E-state index is 12.8. The zero-order valence-corrected chi connectivity index (χ0v) is 13.7. The summed E-state index contributed by atoms with van der Waals surface area (Å²) in [7, 11) is 0. The van der Waals surface area contributed by atoms with Gasteiger partial charge in [-0.25, -0.2) is 4.79 Å². The summed E-state index contributed by atoms with van der Waals surface area (Å²) in [5.41, 5.74) is 4.44. The lowest BCUT2D eigenvalue weighted by molar-refractivity contribution is 0.570. The summed E-state index contributed by atoms with van der Waals surface area (Å²) in [6, 6.07) is 21.9. The van der Waals surface area contributed by atoms with E-state index in [1.807, 2.05) is 54.6 Å². The van der Waals surface area contributed by atoms with Crippen LogP contribution in [0.15, 0.2) is 82.1 Å². The predicted molar refractivity (Wildman–Crippen MR) is 101 cm³/mol. The first kappa shape index (κ1) is 14.1. The molecule has 0 saturated heterocycles. The lowest BCUT2D eigenvalue weighted by Gasteiger charge is -2.06. The van der Waals surface area contributed by atoms with Crippen molar-refractivity contribution in [1.82, 2.24) is 4.40 Å². The van der Waals surface area contributed by atoms with E-state index in [-0.39, 0.29) is 5.63 Å². The molecule has 0 N–H and O–H groups in total. The van der Waals surface area contributed by atoms with Crippen LogP contribution in [0.25, 0.3) is 38.5 Å². The highest BCUT2D eigenvalue weighted by Crippen LogP contribution is 2.37. The van der Waals surface area contributed by atoms with E-state index in [9.17, 15) is 4.79 Å². The molecule has 0 saturated carbocycles. The third kappa shape index (κ3) is 1.96. The summed E-state index contributed by atoms with van der Waals surface area (Å²) >= 11 is 0. The Hall–Kier alpha value is -3.33. The number of aryl methyl sites for hydroxylation is 1. The summed E-state index contributed by atoms with van der Waals surface area (Å²) in [6.07, 6.45) is 2.08. The first-order valence-electron chi connectivity index (χ1n) is 8.26. The predicted octanol–water partition coefficient (Wildman–Crippen LogP) is 5.17. The minimum Gasteiger partial charge on any atom is -0.422 e. The highest BCUT2D eigenvalue weighted by molar-refractivity contribution is 6.17. The van der Waals surface area contributed by atoms with E-state index in [0.717, 1.165) is 33.1 Å². The first-order chi connectivity index (χ1) is 12.2. The van der Waals surface area contributed by atoms with Crippen LogP contribution in [0.5, 0.6) is 0 Å². The minimum absolute atomic E-state index is 0.294. The number of nitrogens with zero attached hydrogens (tertiary/aromatic N) is 1. The highest BCUT2D eigenvalue weighted by Gasteiger charge is 2.19. The van der Waals surface area contributed by atoms with Crippen molar-refractivity contribution in [2.24, 2.45) is 0 Å². The molecular weight excluding hydrogens is 310 g/mol. The van der Waals surface area contributed by atoms with Crippen molar-refractivity contribution in [3.63, 3.8) is 0 Å². The monoisotopic (exact) mass is 325 g/mol. The molecule has 5 aromatic rings. The number of fused-ring (bicyclic) bond motifs is 5. The highest BCUT2D eigenvalue weighted by atomic mass is 16.4. The molecular formula is C22H15NO2. The van der Waals surface area contributed by atoms with Gasteiger partial charge in [-0.2, -0.15) is 0 Å². The summed E-state index contributed by atoms with van der Waals surface area (Å²) in [5, 5.41) is 2.54. The number of rotatable bonds is 1. The Bertz CT molecular complexity index is 1310. The normalized spacial score (nSPS) is 11.6.